The maximum atomic E-state index is 13.2. The van der Waals surface area contributed by atoms with Gasteiger partial charge >= 0.3 is 0 Å². The molecule has 0 bridgehead atoms. The molecule has 4 rings (SSSR count). The smallest absolute Gasteiger partial charge is 0.205 e. The van der Waals surface area contributed by atoms with Gasteiger partial charge in [0.25, 0.3) is 0 Å². The van der Waals surface area contributed by atoms with Crippen molar-refractivity contribution >= 4 is 39.9 Å². The molecule has 0 spiro atoms. The zero-order valence-electron chi connectivity index (χ0n) is 13.6. The quantitative estimate of drug-likeness (QED) is 0.529. The highest BCUT2D eigenvalue weighted by atomic mass is 35.5. The largest absolute Gasteiger partial charge is 0.344 e. The first-order valence-corrected chi connectivity index (χ1v) is 9.23. The maximum Gasteiger partial charge on any atom is 0.205 e. The number of hydrogen-bond donors (Lipinski definition) is 0. The average molecular weight is 366 g/mol. The fourth-order valence-corrected chi connectivity index (χ4v) is 4.31. The Bertz CT molecular complexity index is 891. The van der Waals surface area contributed by atoms with E-state index in [1.807, 2.05) is 67.7 Å². The van der Waals surface area contributed by atoms with E-state index in [2.05, 4.69) is 17.0 Å². The van der Waals surface area contributed by atoms with Crippen LogP contribution in [0.15, 0.2) is 77.7 Å². The number of fused-ring (bicyclic) bond motifs is 2. The van der Waals surface area contributed by atoms with Gasteiger partial charge in [0.05, 0.1) is 5.92 Å². The van der Waals surface area contributed by atoms with Crippen LogP contribution in [0.2, 0.25) is 5.02 Å². The van der Waals surface area contributed by atoms with Crippen LogP contribution in [0.25, 0.3) is 0 Å². The molecule has 0 saturated heterocycles. The minimum atomic E-state index is -0.274. The number of benzene rings is 3. The van der Waals surface area contributed by atoms with Gasteiger partial charge in [0.2, 0.25) is 5.12 Å². The summed E-state index contributed by atoms with van der Waals surface area (Å²) in [6.07, 6.45) is 0. The number of nitrogens with zero attached hydrogens (tertiary/aromatic N) is 1. The molecule has 0 atom stereocenters. The highest BCUT2D eigenvalue weighted by Gasteiger charge is 2.33. The Hall–Kier alpha value is -2.23. The number of para-hydroxylation sites is 2. The van der Waals surface area contributed by atoms with E-state index in [4.69, 9.17) is 11.6 Å². The molecule has 2 nitrogen and oxygen atoms in total. The summed E-state index contributed by atoms with van der Waals surface area (Å²) in [5.41, 5.74) is 4.26. The summed E-state index contributed by atoms with van der Waals surface area (Å²) in [5.74, 6) is -0.274. The molecule has 1 aliphatic rings. The summed E-state index contributed by atoms with van der Waals surface area (Å²) in [4.78, 5) is 16.3. The molecular weight excluding hydrogens is 350 g/mol. The first-order chi connectivity index (χ1) is 12.1. The molecule has 124 valence electrons. The standard InChI is InChI=1S/C21H16ClNOS/c1-23-18-8-4-2-6-16(18)20(17-7-3-5-9-19(17)23)21(24)25-15-12-10-14(22)11-13-15/h2-13,20H,1H3. The molecule has 0 unspecified atom stereocenters. The number of thioether (sulfide) groups is 1. The van der Waals surface area contributed by atoms with Gasteiger partial charge in [-0.1, -0.05) is 59.8 Å². The summed E-state index contributed by atoms with van der Waals surface area (Å²) >= 11 is 7.22. The molecule has 0 aromatic heterocycles. The van der Waals surface area contributed by atoms with Crippen molar-refractivity contribution in [1.82, 2.24) is 0 Å². The number of anilines is 2. The fraction of sp³-hybridized carbons (Fsp3) is 0.0952. The second-order valence-corrected chi connectivity index (χ2v) is 7.50. The fourth-order valence-electron chi connectivity index (χ4n) is 3.30. The Morgan fingerprint density at radius 3 is 1.96 bits per heavy atom. The Morgan fingerprint density at radius 1 is 0.880 bits per heavy atom. The summed E-state index contributed by atoms with van der Waals surface area (Å²) in [6, 6.07) is 23.6. The lowest BCUT2D eigenvalue weighted by Gasteiger charge is -2.34. The van der Waals surface area contributed by atoms with Crippen LogP contribution in [0.1, 0.15) is 17.0 Å². The third kappa shape index (κ3) is 2.94. The molecule has 0 saturated carbocycles. The Balaban J connectivity index is 1.77. The van der Waals surface area contributed by atoms with Crippen molar-refractivity contribution in [3.8, 4) is 0 Å². The molecule has 0 radical (unpaired) electrons. The monoisotopic (exact) mass is 365 g/mol. The molecule has 4 heteroatoms. The van der Waals surface area contributed by atoms with Crippen LogP contribution in [0.4, 0.5) is 11.4 Å². The van der Waals surface area contributed by atoms with Crippen LogP contribution < -0.4 is 4.90 Å². The van der Waals surface area contributed by atoms with E-state index in [-0.39, 0.29) is 11.0 Å². The van der Waals surface area contributed by atoms with Crippen molar-refractivity contribution in [2.75, 3.05) is 11.9 Å². The van der Waals surface area contributed by atoms with Crippen molar-refractivity contribution in [1.29, 1.82) is 0 Å². The van der Waals surface area contributed by atoms with Crippen LogP contribution in [-0.4, -0.2) is 12.2 Å². The first-order valence-electron chi connectivity index (χ1n) is 8.04. The molecule has 1 heterocycles. The molecule has 0 fully saturated rings. The van der Waals surface area contributed by atoms with E-state index in [1.54, 1.807) is 0 Å². The molecule has 0 N–H and O–H groups in total. The van der Waals surface area contributed by atoms with Gasteiger partial charge in [0.1, 0.15) is 0 Å². The van der Waals surface area contributed by atoms with Crippen LogP contribution >= 0.6 is 23.4 Å². The van der Waals surface area contributed by atoms with E-state index in [1.165, 1.54) is 11.8 Å². The zero-order chi connectivity index (χ0) is 17.4. The van der Waals surface area contributed by atoms with Crippen molar-refractivity contribution in [2.24, 2.45) is 0 Å². The lowest BCUT2D eigenvalue weighted by molar-refractivity contribution is -0.111. The number of rotatable bonds is 2. The van der Waals surface area contributed by atoms with Crippen molar-refractivity contribution in [2.45, 2.75) is 10.8 Å². The second-order valence-electron chi connectivity index (χ2n) is 5.98. The number of carbonyl (C=O) groups is 1. The lowest BCUT2D eigenvalue weighted by atomic mass is 9.86. The summed E-state index contributed by atoms with van der Waals surface area (Å²) in [5, 5.41) is 0.794. The minimum absolute atomic E-state index is 0.121. The Morgan fingerprint density at radius 2 is 1.40 bits per heavy atom. The molecule has 3 aromatic carbocycles. The van der Waals surface area contributed by atoms with E-state index >= 15 is 0 Å². The highest BCUT2D eigenvalue weighted by molar-refractivity contribution is 8.13. The van der Waals surface area contributed by atoms with E-state index < -0.39 is 0 Å². The predicted molar refractivity (Wildman–Crippen MR) is 105 cm³/mol. The van der Waals surface area contributed by atoms with Crippen LogP contribution in [-0.2, 0) is 4.79 Å². The summed E-state index contributed by atoms with van der Waals surface area (Å²) in [6.45, 7) is 0. The van der Waals surface area contributed by atoms with Gasteiger partial charge in [-0.3, -0.25) is 4.79 Å². The van der Waals surface area contributed by atoms with Gasteiger partial charge in [-0.15, -0.1) is 0 Å². The van der Waals surface area contributed by atoms with Gasteiger partial charge in [0, 0.05) is 28.3 Å². The molecular formula is C21H16ClNOS. The van der Waals surface area contributed by atoms with Gasteiger partial charge in [-0.2, -0.15) is 0 Å². The minimum Gasteiger partial charge on any atom is -0.344 e. The topological polar surface area (TPSA) is 20.3 Å². The van der Waals surface area contributed by atoms with Crippen LogP contribution in [0.3, 0.4) is 0 Å². The maximum absolute atomic E-state index is 13.2. The number of hydrogen-bond acceptors (Lipinski definition) is 3. The van der Waals surface area contributed by atoms with Gasteiger partial charge in [-0.05, 0) is 47.5 Å². The van der Waals surface area contributed by atoms with Crippen molar-refractivity contribution in [3.05, 3.63) is 88.9 Å². The first kappa shape index (κ1) is 16.2. The number of halogens is 1. The normalized spacial score (nSPS) is 13.3. The van der Waals surface area contributed by atoms with Crippen molar-refractivity contribution in [3.63, 3.8) is 0 Å². The van der Waals surface area contributed by atoms with Crippen LogP contribution in [0, 0.1) is 0 Å². The molecule has 3 aromatic rings. The Kier molecular flexibility index (Phi) is 4.28. The molecule has 0 amide bonds. The van der Waals surface area contributed by atoms with Crippen molar-refractivity contribution < 1.29 is 4.79 Å². The SMILES string of the molecule is CN1c2ccccc2C(C(=O)Sc2ccc(Cl)cc2)c2ccccc21. The van der Waals surface area contributed by atoms with Crippen LogP contribution in [0.5, 0.6) is 0 Å². The second kappa shape index (κ2) is 6.58. The van der Waals surface area contributed by atoms with Gasteiger partial charge in [0.15, 0.2) is 0 Å². The van der Waals surface area contributed by atoms with E-state index in [9.17, 15) is 4.79 Å². The zero-order valence-corrected chi connectivity index (χ0v) is 15.2. The highest BCUT2D eigenvalue weighted by Crippen LogP contribution is 2.46. The molecule has 0 aliphatic carbocycles. The third-order valence-electron chi connectivity index (χ3n) is 4.49. The van der Waals surface area contributed by atoms with Gasteiger partial charge < -0.3 is 4.90 Å². The number of carbonyl (C=O) groups excluding carboxylic acids is 1. The Labute approximate surface area is 156 Å². The lowest BCUT2D eigenvalue weighted by Crippen LogP contribution is -2.24. The van der Waals surface area contributed by atoms with Gasteiger partial charge in [-0.25, -0.2) is 0 Å². The summed E-state index contributed by atoms with van der Waals surface area (Å²) in [7, 11) is 2.05. The third-order valence-corrected chi connectivity index (χ3v) is 5.68. The molecule has 25 heavy (non-hydrogen) atoms. The molecule has 1 aliphatic heterocycles. The van der Waals surface area contributed by atoms with E-state index in [0.29, 0.717) is 5.02 Å². The average Bonchev–Trinajstić information content (AvgIpc) is 2.64. The van der Waals surface area contributed by atoms with E-state index in [0.717, 1.165) is 27.4 Å². The summed E-state index contributed by atoms with van der Waals surface area (Å²) < 4.78 is 0. The predicted octanol–water partition coefficient (Wildman–Crippen LogP) is 5.87.